The van der Waals surface area contributed by atoms with E-state index in [0.717, 1.165) is 25.9 Å². The number of hydrogen-bond acceptors (Lipinski definition) is 10. The SMILES string of the molecule is Cc1nnc(CN2CCC3(CC2)C[C@@](C)(NC(=O)c2cnccn2)[C@H](O)CO3)o1.O=CO. The molecule has 3 N–H and O–H groups in total. The van der Waals surface area contributed by atoms with Crippen molar-refractivity contribution in [1.29, 1.82) is 0 Å². The predicted octanol–water partition coefficient (Wildman–Crippen LogP) is 0.173. The van der Waals surface area contributed by atoms with E-state index in [4.69, 9.17) is 19.1 Å². The van der Waals surface area contributed by atoms with Gasteiger partial charge in [-0.2, -0.15) is 0 Å². The Balaban J connectivity index is 0.000000913. The van der Waals surface area contributed by atoms with E-state index in [1.165, 1.54) is 18.6 Å². The van der Waals surface area contributed by atoms with E-state index >= 15 is 0 Å². The number of amides is 1. The van der Waals surface area contributed by atoms with Gasteiger partial charge in [0.2, 0.25) is 11.8 Å². The van der Waals surface area contributed by atoms with Gasteiger partial charge in [0.1, 0.15) is 11.8 Å². The maximum atomic E-state index is 12.6. The van der Waals surface area contributed by atoms with Crippen LogP contribution in [0.5, 0.6) is 0 Å². The summed E-state index contributed by atoms with van der Waals surface area (Å²) in [5, 5.41) is 28.4. The highest BCUT2D eigenvalue weighted by Crippen LogP contribution is 2.40. The predicted molar refractivity (Wildman–Crippen MR) is 109 cm³/mol. The van der Waals surface area contributed by atoms with Crippen molar-refractivity contribution in [2.75, 3.05) is 19.7 Å². The van der Waals surface area contributed by atoms with Crippen molar-refractivity contribution in [3.63, 3.8) is 0 Å². The lowest BCUT2D eigenvalue weighted by Crippen LogP contribution is -2.65. The van der Waals surface area contributed by atoms with Crippen LogP contribution in [0.2, 0.25) is 0 Å². The molecule has 4 rings (SSSR count). The number of carbonyl (C=O) groups excluding carboxylic acids is 1. The van der Waals surface area contributed by atoms with Crippen molar-refractivity contribution in [3.05, 3.63) is 36.1 Å². The highest BCUT2D eigenvalue weighted by molar-refractivity contribution is 5.92. The molecule has 0 saturated carbocycles. The summed E-state index contributed by atoms with van der Waals surface area (Å²) in [5.74, 6) is 0.827. The van der Waals surface area contributed by atoms with Gasteiger partial charge in [-0.1, -0.05) is 0 Å². The lowest BCUT2D eigenvalue weighted by Gasteiger charge is -2.51. The van der Waals surface area contributed by atoms with Crippen LogP contribution in [-0.2, 0) is 16.1 Å². The molecule has 2 fully saturated rings. The van der Waals surface area contributed by atoms with E-state index < -0.39 is 11.6 Å². The van der Waals surface area contributed by atoms with Crippen LogP contribution >= 0.6 is 0 Å². The lowest BCUT2D eigenvalue weighted by molar-refractivity contribution is -0.178. The van der Waals surface area contributed by atoms with E-state index in [1.807, 2.05) is 6.92 Å². The van der Waals surface area contributed by atoms with Gasteiger partial charge in [-0.25, -0.2) is 4.98 Å². The van der Waals surface area contributed by atoms with E-state index in [0.29, 0.717) is 24.7 Å². The first-order chi connectivity index (χ1) is 15.3. The molecule has 4 heterocycles. The normalized spacial score (nSPS) is 24.9. The van der Waals surface area contributed by atoms with E-state index in [2.05, 4.69) is 30.4 Å². The second-order valence-corrected chi connectivity index (χ2v) is 8.25. The van der Waals surface area contributed by atoms with Gasteiger partial charge in [0.05, 0.1) is 30.5 Å². The number of aliphatic hydroxyl groups is 1. The Bertz CT molecular complexity index is 901. The first kappa shape index (κ1) is 23.7. The number of piperidine rings is 1. The summed E-state index contributed by atoms with van der Waals surface area (Å²) in [7, 11) is 0. The number of likely N-dealkylation sites (tertiary alicyclic amines) is 1. The van der Waals surface area contributed by atoms with Gasteiger partial charge in [-0.05, 0) is 19.8 Å². The topological polar surface area (TPSA) is 164 Å². The third-order valence-electron chi connectivity index (χ3n) is 5.86. The lowest BCUT2D eigenvalue weighted by atomic mass is 9.74. The Kier molecular flexibility index (Phi) is 7.48. The van der Waals surface area contributed by atoms with Crippen molar-refractivity contribution in [3.8, 4) is 0 Å². The molecule has 2 saturated heterocycles. The summed E-state index contributed by atoms with van der Waals surface area (Å²) in [6.45, 7) is 5.81. The molecule has 0 radical (unpaired) electrons. The van der Waals surface area contributed by atoms with Crippen molar-refractivity contribution in [2.45, 2.75) is 56.9 Å². The second kappa shape index (κ2) is 10.1. The number of aromatic nitrogens is 4. The number of nitrogens with zero attached hydrogens (tertiary/aromatic N) is 5. The fourth-order valence-electron chi connectivity index (χ4n) is 4.18. The number of ether oxygens (including phenoxy) is 1. The van der Waals surface area contributed by atoms with Crippen LogP contribution in [0.3, 0.4) is 0 Å². The van der Waals surface area contributed by atoms with Gasteiger partial charge in [0.15, 0.2) is 0 Å². The number of aliphatic hydroxyl groups excluding tert-OH is 1. The zero-order chi connectivity index (χ0) is 23.2. The van der Waals surface area contributed by atoms with Gasteiger partial charge < -0.3 is 24.7 Å². The molecular formula is C20H28N6O6. The summed E-state index contributed by atoms with van der Waals surface area (Å²) < 4.78 is 11.6. The van der Waals surface area contributed by atoms with Crippen LogP contribution in [0.15, 0.2) is 23.0 Å². The molecule has 0 unspecified atom stereocenters. The number of aryl methyl sites for hydroxylation is 1. The van der Waals surface area contributed by atoms with E-state index in [-0.39, 0.29) is 30.3 Å². The van der Waals surface area contributed by atoms with Crippen molar-refractivity contribution in [1.82, 2.24) is 30.4 Å². The van der Waals surface area contributed by atoms with Gasteiger partial charge in [0.25, 0.3) is 12.4 Å². The second-order valence-electron chi connectivity index (χ2n) is 8.25. The maximum absolute atomic E-state index is 12.6. The summed E-state index contributed by atoms with van der Waals surface area (Å²) in [6.07, 6.45) is 5.72. The maximum Gasteiger partial charge on any atom is 0.290 e. The molecule has 12 heteroatoms. The van der Waals surface area contributed by atoms with Crippen LogP contribution in [0, 0.1) is 6.92 Å². The van der Waals surface area contributed by atoms with Crippen molar-refractivity contribution >= 4 is 12.4 Å². The van der Waals surface area contributed by atoms with Gasteiger partial charge in [0, 0.05) is 38.8 Å². The fourth-order valence-corrected chi connectivity index (χ4v) is 4.18. The summed E-state index contributed by atoms with van der Waals surface area (Å²) in [4.78, 5) is 31.2. The third kappa shape index (κ3) is 5.64. The summed E-state index contributed by atoms with van der Waals surface area (Å²) in [5.41, 5.74) is -0.963. The Hall–Kier alpha value is -2.96. The molecule has 12 nitrogen and oxygen atoms in total. The fraction of sp³-hybridized carbons (Fsp3) is 0.600. The molecule has 2 aliphatic rings. The quantitative estimate of drug-likeness (QED) is 0.546. The minimum Gasteiger partial charge on any atom is -0.483 e. The van der Waals surface area contributed by atoms with Crippen LogP contribution in [0.4, 0.5) is 0 Å². The molecule has 1 spiro atoms. The average Bonchev–Trinajstić information content (AvgIpc) is 3.19. The minimum atomic E-state index is -0.807. The van der Waals surface area contributed by atoms with Crippen LogP contribution in [0.1, 0.15) is 48.5 Å². The van der Waals surface area contributed by atoms with Crippen molar-refractivity contribution in [2.24, 2.45) is 0 Å². The number of carboxylic acid groups (broad SMARTS) is 1. The third-order valence-corrected chi connectivity index (χ3v) is 5.86. The van der Waals surface area contributed by atoms with Crippen LogP contribution < -0.4 is 5.32 Å². The molecule has 2 atom stereocenters. The van der Waals surface area contributed by atoms with Gasteiger partial charge in [-0.15, -0.1) is 10.2 Å². The molecule has 32 heavy (non-hydrogen) atoms. The molecule has 0 aromatic carbocycles. The zero-order valence-electron chi connectivity index (χ0n) is 18.1. The first-order valence-electron chi connectivity index (χ1n) is 10.3. The highest BCUT2D eigenvalue weighted by atomic mass is 16.5. The Morgan fingerprint density at radius 2 is 2.06 bits per heavy atom. The Labute approximate surface area is 185 Å². The Morgan fingerprint density at radius 3 is 2.66 bits per heavy atom. The molecule has 0 bridgehead atoms. The molecular weight excluding hydrogens is 420 g/mol. The number of hydrogen-bond donors (Lipinski definition) is 3. The van der Waals surface area contributed by atoms with Crippen molar-refractivity contribution < 1.29 is 29.0 Å². The molecule has 1 amide bonds. The Morgan fingerprint density at radius 1 is 1.34 bits per heavy atom. The van der Waals surface area contributed by atoms with Gasteiger partial charge in [-0.3, -0.25) is 19.5 Å². The standard InChI is InChI=1S/C19H26N6O4.CH2O2/c1-13-23-24-16(29-13)10-25-7-3-19(4-8-25)12-18(2,15(26)11-28-19)22-17(27)14-9-20-5-6-21-14;2-1-3/h5-6,9,15,26H,3-4,7-8,10-12H2,1-2H3,(H,22,27);1H,(H,2,3)/t15-,18-;/m1./s1. The average molecular weight is 448 g/mol. The number of rotatable bonds is 4. The monoisotopic (exact) mass is 448 g/mol. The minimum absolute atomic E-state index is 0.181. The molecule has 2 aromatic heterocycles. The van der Waals surface area contributed by atoms with E-state index in [1.54, 1.807) is 6.92 Å². The zero-order valence-corrected chi connectivity index (χ0v) is 18.1. The smallest absolute Gasteiger partial charge is 0.290 e. The molecule has 174 valence electrons. The molecule has 0 aliphatic carbocycles. The molecule has 2 aromatic rings. The molecule has 2 aliphatic heterocycles. The summed E-state index contributed by atoms with van der Waals surface area (Å²) in [6, 6.07) is 0. The van der Waals surface area contributed by atoms with E-state index in [9.17, 15) is 9.90 Å². The first-order valence-corrected chi connectivity index (χ1v) is 10.3. The van der Waals surface area contributed by atoms with Crippen LogP contribution in [-0.4, -0.2) is 84.6 Å². The van der Waals surface area contributed by atoms with Crippen LogP contribution in [0.25, 0.3) is 0 Å². The van der Waals surface area contributed by atoms with Gasteiger partial charge >= 0.3 is 0 Å². The largest absolute Gasteiger partial charge is 0.483 e. The number of carbonyl (C=O) groups is 2. The summed E-state index contributed by atoms with van der Waals surface area (Å²) >= 11 is 0. The number of nitrogens with one attached hydrogen (secondary N) is 1. The highest BCUT2D eigenvalue weighted by Gasteiger charge is 2.50.